The van der Waals surface area contributed by atoms with E-state index in [4.69, 9.17) is 9.47 Å². The van der Waals surface area contributed by atoms with Crippen molar-refractivity contribution in [2.45, 2.75) is 25.0 Å². The zero-order valence-corrected chi connectivity index (χ0v) is 13.2. The zero-order valence-electron chi connectivity index (χ0n) is 13.2. The lowest BCUT2D eigenvalue weighted by Gasteiger charge is -2.21. The number of benzene rings is 1. The average Bonchev–Trinajstić information content (AvgIpc) is 2.82. The van der Waals surface area contributed by atoms with E-state index in [0.29, 0.717) is 13.2 Å². The molecule has 0 radical (unpaired) electrons. The van der Waals surface area contributed by atoms with Crippen LogP contribution < -0.4 is 14.8 Å². The van der Waals surface area contributed by atoms with E-state index in [9.17, 15) is 5.11 Å². The minimum Gasteiger partial charge on any atom is -0.497 e. The van der Waals surface area contributed by atoms with Crippen molar-refractivity contribution in [3.05, 3.63) is 53.9 Å². The van der Waals surface area contributed by atoms with Crippen LogP contribution >= 0.6 is 0 Å². The average molecular weight is 314 g/mol. The number of nitrogens with zero attached hydrogens (tertiary/aromatic N) is 1. The molecular formula is C18H22N2O3. The van der Waals surface area contributed by atoms with Crippen LogP contribution in [0.3, 0.4) is 0 Å². The maximum atomic E-state index is 10.3. The lowest BCUT2D eigenvalue weighted by Crippen LogP contribution is -2.26. The van der Waals surface area contributed by atoms with Crippen molar-refractivity contribution in [2.75, 3.05) is 20.3 Å². The van der Waals surface area contributed by atoms with E-state index < -0.39 is 6.10 Å². The molecule has 0 amide bonds. The van der Waals surface area contributed by atoms with Gasteiger partial charge in [0.05, 0.1) is 19.8 Å². The lowest BCUT2D eigenvalue weighted by atomic mass is 10.0. The molecule has 2 heterocycles. The van der Waals surface area contributed by atoms with Crippen LogP contribution in [-0.2, 0) is 0 Å². The van der Waals surface area contributed by atoms with Gasteiger partial charge in [-0.15, -0.1) is 0 Å². The van der Waals surface area contributed by atoms with E-state index in [1.165, 1.54) is 0 Å². The SMILES string of the molecule is COc1ccc2c(c1)C(NCC(O)c1ccncc1)CCCO2. The van der Waals surface area contributed by atoms with Gasteiger partial charge in [0.25, 0.3) is 0 Å². The number of hydrogen-bond acceptors (Lipinski definition) is 5. The van der Waals surface area contributed by atoms with Gasteiger partial charge in [-0.05, 0) is 48.7 Å². The first-order valence-corrected chi connectivity index (χ1v) is 7.90. The first-order valence-electron chi connectivity index (χ1n) is 7.90. The molecule has 23 heavy (non-hydrogen) atoms. The number of fused-ring (bicyclic) bond motifs is 1. The minimum atomic E-state index is -0.559. The second-order valence-corrected chi connectivity index (χ2v) is 5.65. The Hall–Kier alpha value is -2.11. The standard InChI is InChI=1S/C18H22N2O3/c1-22-14-4-5-18-15(11-14)16(3-2-10-23-18)20-12-17(21)13-6-8-19-9-7-13/h4-9,11,16-17,20-21H,2-3,10,12H2,1H3. The number of methoxy groups -OCH3 is 1. The zero-order chi connectivity index (χ0) is 16.1. The van der Waals surface area contributed by atoms with E-state index in [0.717, 1.165) is 35.5 Å². The monoisotopic (exact) mass is 314 g/mol. The van der Waals surface area contributed by atoms with Gasteiger partial charge in [0.2, 0.25) is 0 Å². The van der Waals surface area contributed by atoms with E-state index in [1.807, 2.05) is 30.3 Å². The predicted molar refractivity (Wildman–Crippen MR) is 87.7 cm³/mol. The Bertz CT molecular complexity index is 633. The molecular weight excluding hydrogens is 292 g/mol. The Morgan fingerprint density at radius 2 is 2.17 bits per heavy atom. The van der Waals surface area contributed by atoms with Crippen molar-refractivity contribution in [3.8, 4) is 11.5 Å². The third kappa shape index (κ3) is 3.81. The number of rotatable bonds is 5. The minimum absolute atomic E-state index is 0.138. The van der Waals surface area contributed by atoms with Gasteiger partial charge in [-0.1, -0.05) is 0 Å². The fourth-order valence-electron chi connectivity index (χ4n) is 2.85. The van der Waals surface area contributed by atoms with E-state index in [1.54, 1.807) is 19.5 Å². The predicted octanol–water partition coefficient (Wildman–Crippen LogP) is 2.63. The molecule has 0 bridgehead atoms. The molecule has 1 aromatic heterocycles. The third-order valence-electron chi connectivity index (χ3n) is 4.14. The molecule has 2 unspecified atom stereocenters. The highest BCUT2D eigenvalue weighted by Gasteiger charge is 2.21. The molecule has 0 fully saturated rings. The molecule has 1 aliphatic rings. The van der Waals surface area contributed by atoms with Crippen LogP contribution in [0.15, 0.2) is 42.7 Å². The molecule has 5 heteroatoms. The Labute approximate surface area is 136 Å². The summed E-state index contributed by atoms with van der Waals surface area (Å²) >= 11 is 0. The fourth-order valence-corrected chi connectivity index (χ4v) is 2.85. The fraction of sp³-hybridized carbons (Fsp3) is 0.389. The Balaban J connectivity index is 1.73. The largest absolute Gasteiger partial charge is 0.497 e. The van der Waals surface area contributed by atoms with Crippen LogP contribution in [0.4, 0.5) is 0 Å². The van der Waals surface area contributed by atoms with E-state index >= 15 is 0 Å². The van der Waals surface area contributed by atoms with Crippen LogP contribution in [0, 0.1) is 0 Å². The van der Waals surface area contributed by atoms with Crippen LogP contribution in [0.25, 0.3) is 0 Å². The number of nitrogens with one attached hydrogen (secondary N) is 1. The molecule has 122 valence electrons. The van der Waals surface area contributed by atoms with Gasteiger partial charge in [-0.3, -0.25) is 4.98 Å². The Kier molecular flexibility index (Phi) is 5.10. The Morgan fingerprint density at radius 1 is 1.35 bits per heavy atom. The summed E-state index contributed by atoms with van der Waals surface area (Å²) in [4.78, 5) is 3.98. The summed E-state index contributed by atoms with van der Waals surface area (Å²) in [5.41, 5.74) is 1.95. The van der Waals surface area contributed by atoms with Gasteiger partial charge in [0.1, 0.15) is 11.5 Å². The smallest absolute Gasteiger partial charge is 0.124 e. The first-order chi connectivity index (χ1) is 11.3. The van der Waals surface area contributed by atoms with Crippen molar-refractivity contribution in [1.82, 2.24) is 10.3 Å². The first kappa shape index (κ1) is 15.8. The normalized spacial score (nSPS) is 18.4. The van der Waals surface area contributed by atoms with Gasteiger partial charge >= 0.3 is 0 Å². The van der Waals surface area contributed by atoms with E-state index in [2.05, 4.69) is 10.3 Å². The molecule has 0 aliphatic carbocycles. The summed E-state index contributed by atoms with van der Waals surface area (Å²) in [6.45, 7) is 1.19. The number of ether oxygens (including phenoxy) is 2. The van der Waals surface area contributed by atoms with Crippen molar-refractivity contribution in [3.63, 3.8) is 0 Å². The molecule has 0 saturated heterocycles. The summed E-state index contributed by atoms with van der Waals surface area (Å²) in [7, 11) is 1.66. The maximum Gasteiger partial charge on any atom is 0.124 e. The number of aliphatic hydroxyl groups is 1. The van der Waals surface area contributed by atoms with Gasteiger partial charge < -0.3 is 19.9 Å². The highest BCUT2D eigenvalue weighted by molar-refractivity contribution is 5.42. The van der Waals surface area contributed by atoms with Crippen molar-refractivity contribution >= 4 is 0 Å². The summed E-state index contributed by atoms with van der Waals surface area (Å²) in [5.74, 6) is 1.70. The van der Waals surface area contributed by atoms with Gasteiger partial charge in [0.15, 0.2) is 0 Å². The number of pyridine rings is 1. The molecule has 1 aliphatic heterocycles. The third-order valence-corrected chi connectivity index (χ3v) is 4.14. The Morgan fingerprint density at radius 3 is 2.96 bits per heavy atom. The second kappa shape index (κ2) is 7.44. The highest BCUT2D eigenvalue weighted by atomic mass is 16.5. The molecule has 3 rings (SSSR count). The van der Waals surface area contributed by atoms with Crippen molar-refractivity contribution in [2.24, 2.45) is 0 Å². The highest BCUT2D eigenvalue weighted by Crippen LogP contribution is 2.34. The molecule has 5 nitrogen and oxygen atoms in total. The number of hydrogen-bond donors (Lipinski definition) is 2. The van der Waals surface area contributed by atoms with Crippen LogP contribution in [0.5, 0.6) is 11.5 Å². The number of aromatic nitrogens is 1. The molecule has 0 saturated carbocycles. The summed E-state index contributed by atoms with van der Waals surface area (Å²) < 4.78 is 11.1. The summed E-state index contributed by atoms with van der Waals surface area (Å²) in [6, 6.07) is 9.68. The van der Waals surface area contributed by atoms with Crippen LogP contribution in [0.1, 0.15) is 36.1 Å². The van der Waals surface area contributed by atoms with Crippen molar-refractivity contribution < 1.29 is 14.6 Å². The van der Waals surface area contributed by atoms with Gasteiger partial charge in [-0.25, -0.2) is 0 Å². The number of aliphatic hydroxyl groups excluding tert-OH is 1. The maximum absolute atomic E-state index is 10.3. The van der Waals surface area contributed by atoms with Crippen molar-refractivity contribution in [1.29, 1.82) is 0 Å². The van der Waals surface area contributed by atoms with Gasteiger partial charge in [-0.2, -0.15) is 0 Å². The second-order valence-electron chi connectivity index (χ2n) is 5.65. The molecule has 2 aromatic rings. The van der Waals surface area contributed by atoms with E-state index in [-0.39, 0.29) is 6.04 Å². The van der Waals surface area contributed by atoms with Gasteiger partial charge in [0, 0.05) is 30.5 Å². The lowest BCUT2D eigenvalue weighted by molar-refractivity contribution is 0.169. The molecule has 2 N–H and O–H groups in total. The molecule has 2 atom stereocenters. The molecule has 0 spiro atoms. The topological polar surface area (TPSA) is 63.6 Å². The van der Waals surface area contributed by atoms with Crippen LogP contribution in [-0.4, -0.2) is 30.4 Å². The summed E-state index contributed by atoms with van der Waals surface area (Å²) in [5, 5.41) is 13.8. The van der Waals surface area contributed by atoms with Crippen LogP contribution in [0.2, 0.25) is 0 Å². The molecule has 1 aromatic carbocycles. The quantitative estimate of drug-likeness (QED) is 0.888. The summed E-state index contributed by atoms with van der Waals surface area (Å²) in [6.07, 6.45) is 4.76.